The van der Waals surface area contributed by atoms with Gasteiger partial charge in [-0.3, -0.25) is 0 Å². The van der Waals surface area contributed by atoms with Crippen LogP contribution in [0.3, 0.4) is 0 Å². The van der Waals surface area contributed by atoms with E-state index in [2.05, 4.69) is 31.2 Å². The zero-order valence-electron chi connectivity index (χ0n) is 9.95. The molecule has 0 aliphatic carbocycles. The van der Waals surface area contributed by atoms with E-state index in [0.29, 0.717) is 21.8 Å². The third-order valence-corrected chi connectivity index (χ3v) is 3.10. The molecule has 0 amide bonds. The number of hydrogen-bond acceptors (Lipinski definition) is 4. The van der Waals surface area contributed by atoms with Gasteiger partial charge in [-0.05, 0) is 47.1 Å². The molecule has 0 unspecified atom stereocenters. The largest absolute Gasteiger partial charge is 0.388 e. The molecule has 0 atom stereocenters. The SMILES string of the molecule is Cc1cc(C(N)=S)nc(Nc2ccc(F)c(Br)c2)n1. The molecule has 0 saturated carbocycles. The van der Waals surface area contributed by atoms with E-state index in [1.807, 2.05) is 6.92 Å². The van der Waals surface area contributed by atoms with Gasteiger partial charge in [-0.1, -0.05) is 12.2 Å². The summed E-state index contributed by atoms with van der Waals surface area (Å²) in [6, 6.07) is 6.23. The van der Waals surface area contributed by atoms with E-state index in [1.165, 1.54) is 6.07 Å². The number of halogens is 2. The highest BCUT2D eigenvalue weighted by Gasteiger charge is 2.06. The fraction of sp³-hybridized carbons (Fsp3) is 0.0833. The Morgan fingerprint density at radius 1 is 1.37 bits per heavy atom. The van der Waals surface area contributed by atoms with Crippen molar-refractivity contribution >= 4 is 44.8 Å². The lowest BCUT2D eigenvalue weighted by molar-refractivity contribution is 0.621. The zero-order valence-corrected chi connectivity index (χ0v) is 12.3. The zero-order chi connectivity index (χ0) is 14.0. The smallest absolute Gasteiger partial charge is 0.228 e. The average molecular weight is 341 g/mol. The lowest BCUT2D eigenvalue weighted by Gasteiger charge is -2.08. The van der Waals surface area contributed by atoms with E-state index in [0.717, 1.165) is 5.69 Å². The van der Waals surface area contributed by atoms with E-state index in [-0.39, 0.29) is 10.8 Å². The molecule has 19 heavy (non-hydrogen) atoms. The number of thiocarbonyl (C=S) groups is 1. The van der Waals surface area contributed by atoms with Crippen molar-refractivity contribution < 1.29 is 4.39 Å². The van der Waals surface area contributed by atoms with Crippen molar-refractivity contribution in [3.63, 3.8) is 0 Å². The molecular formula is C12H10BrFN4S. The van der Waals surface area contributed by atoms with Crippen LogP contribution in [0.1, 0.15) is 11.4 Å². The van der Waals surface area contributed by atoms with Gasteiger partial charge in [0.1, 0.15) is 16.5 Å². The summed E-state index contributed by atoms with van der Waals surface area (Å²) in [4.78, 5) is 8.60. The molecule has 0 spiro atoms. The lowest BCUT2D eigenvalue weighted by Crippen LogP contribution is -2.13. The van der Waals surface area contributed by atoms with Crippen LogP contribution >= 0.6 is 28.1 Å². The monoisotopic (exact) mass is 340 g/mol. The average Bonchev–Trinajstić information content (AvgIpc) is 2.33. The van der Waals surface area contributed by atoms with E-state index < -0.39 is 0 Å². The first-order valence-electron chi connectivity index (χ1n) is 5.33. The van der Waals surface area contributed by atoms with Crippen LogP contribution in [0.5, 0.6) is 0 Å². The standard InChI is InChI=1S/C12H10BrFN4S/c1-6-4-10(11(15)19)18-12(16-6)17-7-2-3-9(14)8(13)5-7/h2-5H,1H3,(H2,15,19)(H,16,17,18). The van der Waals surface area contributed by atoms with Crippen LogP contribution in [0, 0.1) is 12.7 Å². The van der Waals surface area contributed by atoms with Gasteiger partial charge in [-0.2, -0.15) is 0 Å². The van der Waals surface area contributed by atoms with E-state index in [4.69, 9.17) is 18.0 Å². The van der Waals surface area contributed by atoms with Crippen molar-refractivity contribution in [2.75, 3.05) is 5.32 Å². The number of nitrogens with two attached hydrogens (primary N) is 1. The Morgan fingerprint density at radius 3 is 2.74 bits per heavy atom. The number of rotatable bonds is 3. The van der Waals surface area contributed by atoms with E-state index in [9.17, 15) is 4.39 Å². The molecule has 0 saturated heterocycles. The molecule has 0 radical (unpaired) electrons. The molecule has 0 bridgehead atoms. The molecule has 7 heteroatoms. The summed E-state index contributed by atoms with van der Waals surface area (Å²) in [5.41, 5.74) is 7.43. The summed E-state index contributed by atoms with van der Waals surface area (Å²) in [5, 5.41) is 2.97. The summed E-state index contributed by atoms with van der Waals surface area (Å²) in [7, 11) is 0. The topological polar surface area (TPSA) is 63.8 Å². The van der Waals surface area contributed by atoms with E-state index >= 15 is 0 Å². The second kappa shape index (κ2) is 5.58. The third kappa shape index (κ3) is 3.45. The quantitative estimate of drug-likeness (QED) is 0.840. The lowest BCUT2D eigenvalue weighted by atomic mass is 10.3. The number of benzene rings is 1. The first-order chi connectivity index (χ1) is 8.95. The molecule has 0 fully saturated rings. The molecule has 1 aromatic heterocycles. The summed E-state index contributed by atoms with van der Waals surface area (Å²) in [5.74, 6) is 0.0286. The highest BCUT2D eigenvalue weighted by molar-refractivity contribution is 9.10. The molecule has 2 aromatic rings. The van der Waals surface area contributed by atoms with Crippen molar-refractivity contribution in [2.45, 2.75) is 6.92 Å². The van der Waals surface area contributed by atoms with Crippen molar-refractivity contribution in [1.29, 1.82) is 0 Å². The van der Waals surface area contributed by atoms with Crippen molar-refractivity contribution in [3.05, 3.63) is 45.9 Å². The Balaban J connectivity index is 2.32. The highest BCUT2D eigenvalue weighted by atomic mass is 79.9. The highest BCUT2D eigenvalue weighted by Crippen LogP contribution is 2.22. The van der Waals surface area contributed by atoms with Crippen LogP contribution in [0.15, 0.2) is 28.7 Å². The van der Waals surface area contributed by atoms with Gasteiger partial charge in [0, 0.05) is 11.4 Å². The maximum atomic E-state index is 13.1. The summed E-state index contributed by atoms with van der Waals surface area (Å²) in [6.45, 7) is 1.81. The molecule has 0 aliphatic heterocycles. The fourth-order valence-corrected chi connectivity index (χ4v) is 1.94. The Labute approximate surface area is 123 Å². The van der Waals surface area contributed by atoms with Gasteiger partial charge in [0.15, 0.2) is 0 Å². The van der Waals surface area contributed by atoms with Gasteiger partial charge in [-0.25, -0.2) is 14.4 Å². The normalized spacial score (nSPS) is 10.3. The van der Waals surface area contributed by atoms with Crippen LogP contribution in [-0.4, -0.2) is 15.0 Å². The first kappa shape index (κ1) is 13.8. The van der Waals surface area contributed by atoms with Crippen LogP contribution in [-0.2, 0) is 0 Å². The Morgan fingerprint density at radius 2 is 2.11 bits per heavy atom. The number of aryl methyl sites for hydroxylation is 1. The maximum Gasteiger partial charge on any atom is 0.228 e. The van der Waals surface area contributed by atoms with Gasteiger partial charge in [0.2, 0.25) is 5.95 Å². The van der Waals surface area contributed by atoms with Gasteiger partial charge >= 0.3 is 0 Å². The number of hydrogen-bond donors (Lipinski definition) is 2. The minimum atomic E-state index is -0.334. The Hall–Kier alpha value is -1.60. The minimum absolute atomic E-state index is 0.203. The van der Waals surface area contributed by atoms with Crippen LogP contribution < -0.4 is 11.1 Å². The molecule has 0 aliphatic rings. The summed E-state index contributed by atoms with van der Waals surface area (Å²) >= 11 is 8.00. The molecule has 2 rings (SSSR count). The minimum Gasteiger partial charge on any atom is -0.388 e. The summed E-state index contributed by atoms with van der Waals surface area (Å²) in [6.07, 6.45) is 0. The second-order valence-corrected chi connectivity index (χ2v) is 5.13. The number of nitrogens with one attached hydrogen (secondary N) is 1. The first-order valence-corrected chi connectivity index (χ1v) is 6.53. The maximum absolute atomic E-state index is 13.1. The van der Waals surface area contributed by atoms with Crippen molar-refractivity contribution in [2.24, 2.45) is 5.73 Å². The molecule has 3 N–H and O–H groups in total. The molecule has 1 heterocycles. The third-order valence-electron chi connectivity index (χ3n) is 2.28. The van der Waals surface area contributed by atoms with Gasteiger partial charge in [0.25, 0.3) is 0 Å². The van der Waals surface area contributed by atoms with Crippen molar-refractivity contribution in [1.82, 2.24) is 9.97 Å². The van der Waals surface area contributed by atoms with Gasteiger partial charge < -0.3 is 11.1 Å². The molecule has 98 valence electrons. The van der Waals surface area contributed by atoms with E-state index in [1.54, 1.807) is 18.2 Å². The Kier molecular flexibility index (Phi) is 4.06. The van der Waals surface area contributed by atoms with Gasteiger partial charge in [-0.15, -0.1) is 0 Å². The van der Waals surface area contributed by atoms with Crippen LogP contribution in [0.2, 0.25) is 0 Å². The Bertz CT molecular complexity index is 648. The van der Waals surface area contributed by atoms with Crippen molar-refractivity contribution in [3.8, 4) is 0 Å². The van der Waals surface area contributed by atoms with Crippen LogP contribution in [0.4, 0.5) is 16.0 Å². The number of anilines is 2. The second-order valence-electron chi connectivity index (χ2n) is 3.84. The van der Waals surface area contributed by atoms with Gasteiger partial charge in [0.05, 0.1) is 4.47 Å². The number of aromatic nitrogens is 2. The predicted octanol–water partition coefficient (Wildman–Crippen LogP) is 3.06. The predicted molar refractivity (Wildman–Crippen MR) is 80.0 cm³/mol. The van der Waals surface area contributed by atoms with Crippen LogP contribution in [0.25, 0.3) is 0 Å². The molecule has 1 aromatic carbocycles. The molecule has 4 nitrogen and oxygen atoms in total. The molecular weight excluding hydrogens is 331 g/mol. The number of nitrogens with zero attached hydrogens (tertiary/aromatic N) is 2. The summed E-state index contributed by atoms with van der Waals surface area (Å²) < 4.78 is 13.5. The fourth-order valence-electron chi connectivity index (χ4n) is 1.45.